The van der Waals surface area contributed by atoms with Gasteiger partial charge in [0, 0.05) is 6.20 Å². The normalized spacial score (nSPS) is 11.1. The molecular weight excluding hydrogens is 188 g/mol. The highest BCUT2D eigenvalue weighted by molar-refractivity contribution is 5.62. The van der Waals surface area contributed by atoms with Crippen molar-refractivity contribution in [1.82, 2.24) is 0 Å². The number of hydrogen-bond donors (Lipinski definition) is 2. The summed E-state index contributed by atoms with van der Waals surface area (Å²) >= 11 is 0. The van der Waals surface area contributed by atoms with Gasteiger partial charge in [0.2, 0.25) is 0 Å². The van der Waals surface area contributed by atoms with Gasteiger partial charge in [-0.15, -0.1) is 0 Å². The Balaban J connectivity index is 2.68. The quantitative estimate of drug-likeness (QED) is 0.736. The summed E-state index contributed by atoms with van der Waals surface area (Å²) in [5, 5.41) is 0. The van der Waals surface area contributed by atoms with E-state index in [4.69, 9.17) is 16.2 Å². The largest absolute Gasteiger partial charge is 0.489 e. The number of rotatable bonds is 4. The molecule has 3 nitrogen and oxygen atoms in total. The molecular formula is C12H16N2O. The van der Waals surface area contributed by atoms with Gasteiger partial charge in [-0.1, -0.05) is 6.58 Å². The van der Waals surface area contributed by atoms with E-state index in [-0.39, 0.29) is 0 Å². The number of nitrogens with two attached hydrogens (primary N) is 2. The van der Waals surface area contributed by atoms with Crippen LogP contribution in [0.2, 0.25) is 0 Å². The molecule has 0 fully saturated rings. The van der Waals surface area contributed by atoms with Gasteiger partial charge in [0.05, 0.1) is 5.70 Å². The first-order valence-corrected chi connectivity index (χ1v) is 4.68. The van der Waals surface area contributed by atoms with Gasteiger partial charge in [0.25, 0.3) is 0 Å². The fraction of sp³-hybridized carbons (Fsp3) is 0.167. The fourth-order valence-electron chi connectivity index (χ4n) is 1.05. The molecule has 15 heavy (non-hydrogen) atoms. The molecule has 0 spiro atoms. The van der Waals surface area contributed by atoms with Crippen molar-refractivity contribution in [1.29, 1.82) is 0 Å². The summed E-state index contributed by atoms with van der Waals surface area (Å²) < 4.78 is 5.44. The van der Waals surface area contributed by atoms with Crippen molar-refractivity contribution in [3.8, 4) is 5.75 Å². The highest BCUT2D eigenvalue weighted by Crippen LogP contribution is 2.15. The van der Waals surface area contributed by atoms with Crippen LogP contribution in [0.5, 0.6) is 5.75 Å². The van der Waals surface area contributed by atoms with Crippen LogP contribution >= 0.6 is 0 Å². The molecule has 1 aromatic rings. The lowest BCUT2D eigenvalue weighted by atomic mass is 10.2. The van der Waals surface area contributed by atoms with E-state index in [1.165, 1.54) is 6.20 Å². The van der Waals surface area contributed by atoms with Crippen molar-refractivity contribution >= 4 is 5.70 Å². The maximum atomic E-state index is 5.65. The first-order chi connectivity index (χ1) is 7.13. The number of hydrogen-bond acceptors (Lipinski definition) is 3. The lowest BCUT2D eigenvalue weighted by Crippen LogP contribution is -2.00. The third kappa shape index (κ3) is 3.38. The molecule has 4 N–H and O–H groups in total. The molecule has 0 saturated heterocycles. The second kappa shape index (κ2) is 5.10. The monoisotopic (exact) mass is 204 g/mol. The maximum Gasteiger partial charge on any atom is 0.119 e. The molecule has 0 bridgehead atoms. The molecule has 0 aliphatic heterocycles. The molecule has 0 heterocycles. The van der Waals surface area contributed by atoms with Crippen molar-refractivity contribution in [2.75, 3.05) is 6.61 Å². The molecule has 0 atom stereocenters. The summed E-state index contributed by atoms with van der Waals surface area (Å²) in [7, 11) is 0. The van der Waals surface area contributed by atoms with E-state index in [0.29, 0.717) is 12.3 Å². The van der Waals surface area contributed by atoms with Crippen LogP contribution in [0.3, 0.4) is 0 Å². The Morgan fingerprint density at radius 3 is 2.47 bits per heavy atom. The predicted octanol–water partition coefficient (Wildman–Crippen LogP) is 1.86. The molecule has 1 aromatic carbocycles. The summed E-state index contributed by atoms with van der Waals surface area (Å²) in [4.78, 5) is 0. The Morgan fingerprint density at radius 1 is 1.40 bits per heavy atom. The van der Waals surface area contributed by atoms with E-state index in [0.717, 1.165) is 16.9 Å². The highest BCUT2D eigenvalue weighted by atomic mass is 16.5. The minimum atomic E-state index is 0.529. The van der Waals surface area contributed by atoms with Crippen LogP contribution in [-0.4, -0.2) is 6.61 Å². The van der Waals surface area contributed by atoms with Crippen molar-refractivity contribution in [2.24, 2.45) is 11.5 Å². The second-order valence-electron chi connectivity index (χ2n) is 3.39. The molecule has 1 rings (SSSR count). The molecule has 0 radical (unpaired) electrons. The maximum absolute atomic E-state index is 5.65. The first kappa shape index (κ1) is 11.2. The van der Waals surface area contributed by atoms with Gasteiger partial charge in [0.15, 0.2) is 0 Å². The van der Waals surface area contributed by atoms with Gasteiger partial charge in [-0.2, -0.15) is 0 Å². The Labute approximate surface area is 90.0 Å². The molecule has 80 valence electrons. The van der Waals surface area contributed by atoms with Crippen LogP contribution < -0.4 is 16.2 Å². The van der Waals surface area contributed by atoms with Crippen molar-refractivity contribution in [2.45, 2.75) is 6.92 Å². The molecule has 0 aromatic heterocycles. The summed E-state index contributed by atoms with van der Waals surface area (Å²) in [5.41, 5.74) is 13.4. The highest BCUT2D eigenvalue weighted by Gasteiger charge is 1.97. The summed E-state index contributed by atoms with van der Waals surface area (Å²) in [6, 6.07) is 7.45. The van der Waals surface area contributed by atoms with E-state index in [9.17, 15) is 0 Å². The van der Waals surface area contributed by atoms with Crippen LogP contribution in [0.15, 0.2) is 42.6 Å². The smallest absolute Gasteiger partial charge is 0.119 e. The first-order valence-electron chi connectivity index (χ1n) is 4.68. The zero-order valence-electron chi connectivity index (χ0n) is 8.86. The van der Waals surface area contributed by atoms with Gasteiger partial charge >= 0.3 is 0 Å². The van der Waals surface area contributed by atoms with Gasteiger partial charge in [0.1, 0.15) is 12.4 Å². The van der Waals surface area contributed by atoms with Crippen molar-refractivity contribution < 1.29 is 4.74 Å². The average Bonchev–Trinajstić information content (AvgIpc) is 2.26. The number of ether oxygens (including phenoxy) is 1. The zero-order valence-corrected chi connectivity index (χ0v) is 8.86. The Hall–Kier alpha value is -1.90. The zero-order chi connectivity index (χ0) is 11.3. The standard InChI is InChI=1S/C12H16N2O/c1-9(2)8-15-11-5-3-10(4-6-11)12(14)7-13/h3-7H,1,8,13-14H2,2H3/b12-7-. The SMILES string of the molecule is C=C(C)COc1ccc(/C(N)=C/N)cc1. The van der Waals surface area contributed by atoms with Crippen LogP contribution in [0.4, 0.5) is 0 Å². The van der Waals surface area contributed by atoms with Crippen LogP contribution in [0.1, 0.15) is 12.5 Å². The molecule has 0 saturated carbocycles. The molecule has 3 heteroatoms. The van der Waals surface area contributed by atoms with Crippen LogP contribution in [-0.2, 0) is 0 Å². The summed E-state index contributed by atoms with van der Waals surface area (Å²) in [6.07, 6.45) is 1.38. The lowest BCUT2D eigenvalue weighted by molar-refractivity contribution is 0.352. The Kier molecular flexibility index (Phi) is 3.80. The van der Waals surface area contributed by atoms with Gasteiger partial charge in [-0.05, 0) is 42.3 Å². The van der Waals surface area contributed by atoms with Crippen LogP contribution in [0.25, 0.3) is 5.70 Å². The van der Waals surface area contributed by atoms with Crippen molar-refractivity contribution in [3.05, 3.63) is 48.2 Å². The van der Waals surface area contributed by atoms with Crippen LogP contribution in [0, 0.1) is 0 Å². The van der Waals surface area contributed by atoms with E-state index < -0.39 is 0 Å². The van der Waals surface area contributed by atoms with E-state index in [1.54, 1.807) is 0 Å². The van der Waals surface area contributed by atoms with E-state index in [1.807, 2.05) is 31.2 Å². The molecule has 0 unspecified atom stereocenters. The summed E-state index contributed by atoms with van der Waals surface area (Å²) in [5.74, 6) is 0.798. The van der Waals surface area contributed by atoms with Crippen molar-refractivity contribution in [3.63, 3.8) is 0 Å². The summed E-state index contributed by atoms with van der Waals surface area (Å²) in [6.45, 7) is 6.21. The molecule has 0 aliphatic rings. The minimum absolute atomic E-state index is 0.529. The second-order valence-corrected chi connectivity index (χ2v) is 3.39. The third-order valence-electron chi connectivity index (χ3n) is 1.85. The minimum Gasteiger partial charge on any atom is -0.489 e. The molecule has 0 amide bonds. The molecule has 0 aliphatic carbocycles. The lowest BCUT2D eigenvalue weighted by Gasteiger charge is -2.06. The van der Waals surface area contributed by atoms with Gasteiger partial charge in [-0.3, -0.25) is 0 Å². The Morgan fingerprint density at radius 2 is 2.00 bits per heavy atom. The van der Waals surface area contributed by atoms with Gasteiger partial charge < -0.3 is 16.2 Å². The van der Waals surface area contributed by atoms with Gasteiger partial charge in [-0.25, -0.2) is 0 Å². The Bertz CT molecular complexity index is 366. The van der Waals surface area contributed by atoms with E-state index >= 15 is 0 Å². The predicted molar refractivity (Wildman–Crippen MR) is 63.1 cm³/mol. The van der Waals surface area contributed by atoms with E-state index in [2.05, 4.69) is 6.58 Å². The third-order valence-corrected chi connectivity index (χ3v) is 1.85. The fourth-order valence-corrected chi connectivity index (χ4v) is 1.05. The topological polar surface area (TPSA) is 61.3 Å². The average molecular weight is 204 g/mol. The number of benzene rings is 1.